The molecule has 4 atom stereocenters. The zero-order chi connectivity index (χ0) is 23.2. The SMILES string of the molecule is CCCCCCNc1nc(Cl)c(-c2nc3ccccc3s2)c(NC2(C)CCC3C(O)C32C)n1. The van der Waals surface area contributed by atoms with Gasteiger partial charge in [-0.05, 0) is 44.2 Å². The van der Waals surface area contributed by atoms with E-state index in [1.54, 1.807) is 11.3 Å². The summed E-state index contributed by atoms with van der Waals surface area (Å²) in [4.78, 5) is 14.3. The van der Waals surface area contributed by atoms with Crippen LogP contribution in [0.4, 0.5) is 11.8 Å². The molecule has 3 aromatic rings. The number of nitrogens with one attached hydrogen (secondary N) is 2. The molecular formula is C25H32ClN5OS. The molecule has 5 rings (SSSR count). The molecule has 33 heavy (non-hydrogen) atoms. The van der Waals surface area contributed by atoms with E-state index in [1.165, 1.54) is 19.3 Å². The molecule has 2 fully saturated rings. The third kappa shape index (κ3) is 3.88. The minimum absolute atomic E-state index is 0.164. The maximum absolute atomic E-state index is 10.6. The maximum Gasteiger partial charge on any atom is 0.226 e. The van der Waals surface area contributed by atoms with Crippen LogP contribution in [0.15, 0.2) is 24.3 Å². The number of halogens is 1. The molecule has 6 nitrogen and oxygen atoms in total. The predicted octanol–water partition coefficient (Wildman–Crippen LogP) is 6.36. The Morgan fingerprint density at radius 3 is 2.70 bits per heavy atom. The Kier molecular flexibility index (Phi) is 6.00. The van der Waals surface area contributed by atoms with E-state index in [-0.39, 0.29) is 17.1 Å². The minimum atomic E-state index is -0.279. The van der Waals surface area contributed by atoms with Crippen LogP contribution in [0.25, 0.3) is 20.8 Å². The first-order chi connectivity index (χ1) is 15.9. The minimum Gasteiger partial charge on any atom is -0.392 e. The van der Waals surface area contributed by atoms with Gasteiger partial charge in [-0.3, -0.25) is 0 Å². The summed E-state index contributed by atoms with van der Waals surface area (Å²) in [7, 11) is 0. The van der Waals surface area contributed by atoms with Gasteiger partial charge in [0.25, 0.3) is 0 Å². The molecule has 1 aromatic carbocycles. The molecule has 0 saturated heterocycles. The summed E-state index contributed by atoms with van der Waals surface area (Å²) in [5.41, 5.74) is 1.23. The van der Waals surface area contributed by atoms with Crippen LogP contribution in [0.3, 0.4) is 0 Å². The van der Waals surface area contributed by atoms with Crippen molar-refractivity contribution in [1.82, 2.24) is 15.0 Å². The second kappa shape index (κ2) is 8.67. The van der Waals surface area contributed by atoms with Gasteiger partial charge in [-0.1, -0.05) is 56.8 Å². The highest BCUT2D eigenvalue weighted by molar-refractivity contribution is 7.21. The summed E-state index contributed by atoms with van der Waals surface area (Å²) >= 11 is 8.38. The van der Waals surface area contributed by atoms with Crippen molar-refractivity contribution in [3.05, 3.63) is 29.4 Å². The topological polar surface area (TPSA) is 83.0 Å². The third-order valence-corrected chi connectivity index (χ3v) is 9.21. The van der Waals surface area contributed by atoms with Gasteiger partial charge in [0.05, 0.1) is 21.9 Å². The summed E-state index contributed by atoms with van der Waals surface area (Å²) in [6.45, 7) is 7.39. The smallest absolute Gasteiger partial charge is 0.226 e. The van der Waals surface area contributed by atoms with Crippen molar-refractivity contribution in [3.63, 3.8) is 0 Å². The van der Waals surface area contributed by atoms with Crippen LogP contribution in [0.2, 0.25) is 5.15 Å². The number of unbranched alkanes of at least 4 members (excludes halogenated alkanes) is 3. The molecule has 0 aliphatic heterocycles. The van der Waals surface area contributed by atoms with E-state index >= 15 is 0 Å². The lowest BCUT2D eigenvalue weighted by molar-refractivity contribution is 0.172. The standard InChI is InChI=1S/C25H32ClN5OS/c1-4-5-6-9-14-27-23-29-20(26)18(22-28-16-10-7-8-11-17(16)33-22)21(30-23)31-24(2)13-12-15-19(32)25(15,24)3/h7-8,10-11,15,19,32H,4-6,9,12-14H2,1-3H3,(H2,27,29,30,31). The zero-order valence-electron chi connectivity index (χ0n) is 19.5. The Bertz CT molecular complexity index is 1140. The molecule has 2 saturated carbocycles. The Morgan fingerprint density at radius 2 is 1.97 bits per heavy atom. The Labute approximate surface area is 204 Å². The second-order valence-electron chi connectivity index (χ2n) is 9.87. The number of anilines is 2. The fourth-order valence-corrected chi connectivity index (χ4v) is 6.79. The second-order valence-corrected chi connectivity index (χ2v) is 11.3. The molecule has 8 heteroatoms. The van der Waals surface area contributed by atoms with E-state index in [1.807, 2.05) is 18.2 Å². The Balaban J connectivity index is 1.50. The van der Waals surface area contributed by atoms with Crippen LogP contribution in [-0.4, -0.2) is 38.2 Å². The molecule has 2 aliphatic rings. The van der Waals surface area contributed by atoms with Gasteiger partial charge < -0.3 is 15.7 Å². The lowest BCUT2D eigenvalue weighted by Crippen LogP contribution is -2.43. The summed E-state index contributed by atoms with van der Waals surface area (Å²) in [6.07, 6.45) is 6.40. The largest absolute Gasteiger partial charge is 0.392 e. The van der Waals surface area contributed by atoms with Crippen molar-refractivity contribution in [2.75, 3.05) is 17.2 Å². The van der Waals surface area contributed by atoms with Gasteiger partial charge in [0.2, 0.25) is 5.95 Å². The van der Waals surface area contributed by atoms with E-state index in [4.69, 9.17) is 21.6 Å². The number of fused-ring (bicyclic) bond motifs is 2. The Hall–Kier alpha value is -1.96. The average molecular weight is 486 g/mol. The van der Waals surface area contributed by atoms with Crippen molar-refractivity contribution in [1.29, 1.82) is 0 Å². The van der Waals surface area contributed by atoms with Crippen molar-refractivity contribution in [2.45, 2.75) is 70.9 Å². The lowest BCUT2D eigenvalue weighted by Gasteiger charge is -2.35. The van der Waals surface area contributed by atoms with E-state index in [0.29, 0.717) is 22.8 Å². The molecule has 2 heterocycles. The number of aromatic nitrogens is 3. The van der Waals surface area contributed by atoms with Gasteiger partial charge in [0.1, 0.15) is 16.0 Å². The summed E-state index contributed by atoms with van der Waals surface area (Å²) in [5.74, 6) is 1.56. The first kappa shape index (κ1) is 22.8. The molecule has 2 aromatic heterocycles. The quantitative estimate of drug-likeness (QED) is 0.241. The highest BCUT2D eigenvalue weighted by Crippen LogP contribution is 2.68. The first-order valence-corrected chi connectivity index (χ1v) is 13.2. The zero-order valence-corrected chi connectivity index (χ0v) is 21.1. The third-order valence-electron chi connectivity index (χ3n) is 7.88. The number of thiazole rings is 1. The number of aliphatic hydroxyl groups excluding tert-OH is 1. The predicted molar refractivity (Wildman–Crippen MR) is 137 cm³/mol. The first-order valence-electron chi connectivity index (χ1n) is 12.0. The lowest BCUT2D eigenvalue weighted by atomic mass is 9.84. The molecular weight excluding hydrogens is 454 g/mol. The molecule has 0 amide bonds. The number of rotatable bonds is 9. The van der Waals surface area contributed by atoms with E-state index in [9.17, 15) is 5.11 Å². The molecule has 2 aliphatic carbocycles. The molecule has 3 N–H and O–H groups in total. The summed E-state index contributed by atoms with van der Waals surface area (Å²) in [6, 6.07) is 8.08. The molecule has 4 unspecified atom stereocenters. The van der Waals surface area contributed by atoms with Crippen LogP contribution < -0.4 is 10.6 Å². The van der Waals surface area contributed by atoms with Crippen LogP contribution >= 0.6 is 22.9 Å². The number of nitrogens with zero attached hydrogens (tertiary/aromatic N) is 3. The van der Waals surface area contributed by atoms with Crippen molar-refractivity contribution >= 4 is 44.9 Å². The molecule has 0 bridgehead atoms. The van der Waals surface area contributed by atoms with E-state index in [2.05, 4.69) is 42.5 Å². The normalized spacial score (nSPS) is 28.2. The monoisotopic (exact) mass is 485 g/mol. The van der Waals surface area contributed by atoms with E-state index in [0.717, 1.165) is 46.6 Å². The summed E-state index contributed by atoms with van der Waals surface area (Å²) < 4.78 is 1.10. The molecule has 0 radical (unpaired) electrons. The number of para-hydroxylation sites is 1. The number of benzene rings is 1. The number of hydrogen-bond donors (Lipinski definition) is 3. The fourth-order valence-electron chi connectivity index (χ4n) is 5.47. The number of aliphatic hydroxyl groups is 1. The van der Waals surface area contributed by atoms with Gasteiger partial charge in [0, 0.05) is 17.5 Å². The van der Waals surface area contributed by atoms with Crippen LogP contribution in [0.1, 0.15) is 59.3 Å². The maximum atomic E-state index is 10.6. The fraction of sp³-hybridized carbons (Fsp3) is 0.560. The van der Waals surface area contributed by atoms with Crippen molar-refractivity contribution < 1.29 is 5.11 Å². The van der Waals surface area contributed by atoms with Crippen LogP contribution in [0.5, 0.6) is 0 Å². The van der Waals surface area contributed by atoms with Crippen molar-refractivity contribution in [2.24, 2.45) is 11.3 Å². The van der Waals surface area contributed by atoms with Gasteiger partial charge >= 0.3 is 0 Å². The van der Waals surface area contributed by atoms with Crippen LogP contribution in [-0.2, 0) is 0 Å². The van der Waals surface area contributed by atoms with Gasteiger partial charge in [-0.25, -0.2) is 9.97 Å². The van der Waals surface area contributed by atoms with Crippen molar-refractivity contribution in [3.8, 4) is 10.6 Å². The highest BCUT2D eigenvalue weighted by atomic mass is 35.5. The molecule has 176 valence electrons. The van der Waals surface area contributed by atoms with Gasteiger partial charge in [-0.15, -0.1) is 11.3 Å². The summed E-state index contributed by atoms with van der Waals surface area (Å²) in [5, 5.41) is 18.8. The van der Waals surface area contributed by atoms with E-state index < -0.39 is 0 Å². The molecule has 0 spiro atoms. The van der Waals surface area contributed by atoms with Gasteiger partial charge in [0.15, 0.2) is 0 Å². The highest BCUT2D eigenvalue weighted by Gasteiger charge is 2.73. The van der Waals surface area contributed by atoms with Crippen LogP contribution in [0, 0.1) is 11.3 Å². The van der Waals surface area contributed by atoms with Gasteiger partial charge in [-0.2, -0.15) is 4.98 Å². The Morgan fingerprint density at radius 1 is 1.15 bits per heavy atom. The average Bonchev–Trinajstić information content (AvgIpc) is 3.06. The number of hydrogen-bond acceptors (Lipinski definition) is 7.